The summed E-state index contributed by atoms with van der Waals surface area (Å²) in [5.74, 6) is 1.35. The standard InChI is InChI=1S/C8H15N3.C2H6/c1-10-5-3-7-11-6-2-4-9-8(10)11;1-2/h2-7H2,1H3;1-2H3/p+1. The number of rotatable bonds is 0. The first kappa shape index (κ1) is 10.4. The van der Waals surface area contributed by atoms with E-state index in [-0.39, 0.29) is 0 Å². The van der Waals surface area contributed by atoms with Crippen LogP contribution in [-0.4, -0.2) is 48.7 Å². The zero-order valence-electron chi connectivity index (χ0n) is 9.14. The molecule has 0 aromatic heterocycles. The van der Waals surface area contributed by atoms with Crippen LogP contribution in [0.15, 0.2) is 0 Å². The van der Waals surface area contributed by atoms with E-state index in [1.165, 1.54) is 38.4 Å². The van der Waals surface area contributed by atoms with Crippen LogP contribution in [0.25, 0.3) is 0 Å². The molecule has 0 saturated carbocycles. The summed E-state index contributed by atoms with van der Waals surface area (Å²) in [6, 6.07) is 0. The second-order valence-electron chi connectivity index (χ2n) is 3.37. The van der Waals surface area contributed by atoms with E-state index in [0.29, 0.717) is 0 Å². The highest BCUT2D eigenvalue weighted by molar-refractivity contribution is 5.75. The van der Waals surface area contributed by atoms with Crippen LogP contribution in [0.2, 0.25) is 0 Å². The van der Waals surface area contributed by atoms with Crippen molar-refractivity contribution in [2.45, 2.75) is 26.7 Å². The van der Waals surface area contributed by atoms with Crippen LogP contribution < -0.4 is 5.32 Å². The van der Waals surface area contributed by atoms with Crippen LogP contribution in [0.4, 0.5) is 0 Å². The van der Waals surface area contributed by atoms with E-state index < -0.39 is 0 Å². The van der Waals surface area contributed by atoms with Gasteiger partial charge in [0.2, 0.25) is 0 Å². The lowest BCUT2D eigenvalue weighted by molar-refractivity contribution is -0.511. The number of hydrogen-bond acceptors (Lipinski definition) is 2. The van der Waals surface area contributed by atoms with Gasteiger partial charge in [0.05, 0.1) is 33.2 Å². The van der Waals surface area contributed by atoms with Crippen molar-refractivity contribution in [3.63, 3.8) is 0 Å². The van der Waals surface area contributed by atoms with Crippen LogP contribution >= 0.6 is 0 Å². The van der Waals surface area contributed by atoms with Gasteiger partial charge in [-0.1, -0.05) is 13.8 Å². The second kappa shape index (κ2) is 5.10. The third-order valence-corrected chi connectivity index (χ3v) is 2.47. The molecule has 0 bridgehead atoms. The summed E-state index contributed by atoms with van der Waals surface area (Å²) in [5, 5.41) is 3.44. The highest BCUT2D eigenvalue weighted by Gasteiger charge is 2.27. The van der Waals surface area contributed by atoms with Gasteiger partial charge in [-0.05, 0) is 0 Å². The predicted octanol–water partition coefficient (Wildman–Crippen LogP) is 0.710. The van der Waals surface area contributed by atoms with E-state index in [4.69, 9.17) is 0 Å². The van der Waals surface area contributed by atoms with Gasteiger partial charge < -0.3 is 0 Å². The van der Waals surface area contributed by atoms with E-state index in [9.17, 15) is 0 Å². The first-order valence-corrected chi connectivity index (χ1v) is 5.45. The molecule has 0 atom stereocenters. The highest BCUT2D eigenvalue weighted by Crippen LogP contribution is 2.04. The SMILES string of the molecule is CC.C[N+]1=C2NCCCN2CCC1. The number of nitrogens with zero attached hydrogens (tertiary/aromatic N) is 2. The lowest BCUT2D eigenvalue weighted by atomic mass is 10.2. The minimum Gasteiger partial charge on any atom is -0.278 e. The molecule has 0 radical (unpaired) electrons. The third-order valence-electron chi connectivity index (χ3n) is 2.47. The van der Waals surface area contributed by atoms with Crippen molar-refractivity contribution in [2.24, 2.45) is 0 Å². The van der Waals surface area contributed by atoms with Crippen molar-refractivity contribution < 1.29 is 4.58 Å². The van der Waals surface area contributed by atoms with Gasteiger partial charge in [0.25, 0.3) is 0 Å². The van der Waals surface area contributed by atoms with E-state index in [2.05, 4.69) is 21.8 Å². The maximum Gasteiger partial charge on any atom is 0.347 e. The second-order valence-corrected chi connectivity index (χ2v) is 3.37. The van der Waals surface area contributed by atoms with E-state index in [0.717, 1.165) is 6.54 Å². The zero-order valence-corrected chi connectivity index (χ0v) is 9.14. The van der Waals surface area contributed by atoms with Crippen molar-refractivity contribution in [2.75, 3.05) is 33.2 Å². The first-order valence-electron chi connectivity index (χ1n) is 5.45. The van der Waals surface area contributed by atoms with Gasteiger partial charge in [-0.3, -0.25) is 14.8 Å². The van der Waals surface area contributed by atoms with Crippen LogP contribution in [0, 0.1) is 0 Å². The molecule has 0 aromatic rings. The summed E-state index contributed by atoms with van der Waals surface area (Å²) in [5.41, 5.74) is 0. The Kier molecular flexibility index (Phi) is 4.06. The average Bonchev–Trinajstić information content (AvgIpc) is 2.22. The van der Waals surface area contributed by atoms with Crippen molar-refractivity contribution in [3.05, 3.63) is 0 Å². The normalized spacial score (nSPS) is 21.3. The highest BCUT2D eigenvalue weighted by atomic mass is 15.4. The number of hydrogen-bond donors (Lipinski definition) is 1. The molecule has 3 heteroatoms. The maximum atomic E-state index is 3.44. The fraction of sp³-hybridized carbons (Fsp3) is 0.900. The third kappa shape index (κ3) is 2.36. The Morgan fingerprint density at radius 3 is 2.62 bits per heavy atom. The molecular weight excluding hydrogens is 162 g/mol. The Balaban J connectivity index is 0.000000396. The molecule has 0 spiro atoms. The topological polar surface area (TPSA) is 18.3 Å². The summed E-state index contributed by atoms with van der Waals surface area (Å²) in [6.45, 7) is 8.84. The lowest BCUT2D eigenvalue weighted by Crippen LogP contribution is -2.54. The molecule has 3 nitrogen and oxygen atoms in total. The first-order chi connectivity index (χ1) is 6.38. The summed E-state index contributed by atoms with van der Waals surface area (Å²) in [6.07, 6.45) is 2.60. The fourth-order valence-corrected chi connectivity index (χ4v) is 1.89. The Hall–Kier alpha value is -0.730. The molecule has 1 N–H and O–H groups in total. The van der Waals surface area contributed by atoms with E-state index >= 15 is 0 Å². The van der Waals surface area contributed by atoms with Crippen molar-refractivity contribution in [1.29, 1.82) is 0 Å². The monoisotopic (exact) mass is 184 g/mol. The van der Waals surface area contributed by atoms with E-state index in [1.807, 2.05) is 13.8 Å². The molecule has 2 rings (SSSR count). The van der Waals surface area contributed by atoms with Gasteiger partial charge >= 0.3 is 5.96 Å². The molecular formula is C10H22N3+. The van der Waals surface area contributed by atoms with Crippen molar-refractivity contribution in [1.82, 2.24) is 10.2 Å². The van der Waals surface area contributed by atoms with Gasteiger partial charge in [-0.2, -0.15) is 0 Å². The molecule has 76 valence electrons. The number of guanidine groups is 1. The molecule has 0 aromatic carbocycles. The molecule has 13 heavy (non-hydrogen) atoms. The smallest absolute Gasteiger partial charge is 0.278 e. The summed E-state index contributed by atoms with van der Waals surface area (Å²) >= 11 is 0. The number of nitrogens with one attached hydrogen (secondary N) is 1. The van der Waals surface area contributed by atoms with E-state index in [1.54, 1.807) is 0 Å². The van der Waals surface area contributed by atoms with Gasteiger partial charge in [0.15, 0.2) is 0 Å². The van der Waals surface area contributed by atoms with Gasteiger partial charge in [0.1, 0.15) is 0 Å². The van der Waals surface area contributed by atoms with Gasteiger partial charge in [-0.15, -0.1) is 0 Å². The van der Waals surface area contributed by atoms with Crippen LogP contribution in [-0.2, 0) is 0 Å². The van der Waals surface area contributed by atoms with Gasteiger partial charge in [-0.25, -0.2) is 0 Å². The summed E-state index contributed by atoms with van der Waals surface area (Å²) < 4.78 is 2.32. The molecule has 0 amide bonds. The quantitative estimate of drug-likeness (QED) is 0.559. The lowest BCUT2D eigenvalue weighted by Gasteiger charge is -2.29. The predicted molar refractivity (Wildman–Crippen MR) is 56.2 cm³/mol. The number of fused-ring (bicyclic) bond motifs is 1. The van der Waals surface area contributed by atoms with Gasteiger partial charge in [0, 0.05) is 12.8 Å². The average molecular weight is 184 g/mol. The molecule has 1 saturated heterocycles. The largest absolute Gasteiger partial charge is 0.347 e. The Morgan fingerprint density at radius 2 is 1.92 bits per heavy atom. The summed E-state index contributed by atoms with van der Waals surface area (Å²) in [4.78, 5) is 2.45. The fourth-order valence-electron chi connectivity index (χ4n) is 1.89. The molecule has 0 aliphatic carbocycles. The molecule has 2 aliphatic heterocycles. The van der Waals surface area contributed by atoms with Crippen LogP contribution in [0.3, 0.4) is 0 Å². The molecule has 0 unspecified atom stereocenters. The van der Waals surface area contributed by atoms with Crippen molar-refractivity contribution >= 4 is 5.96 Å². The maximum absolute atomic E-state index is 3.44. The zero-order chi connectivity index (χ0) is 9.68. The molecule has 2 heterocycles. The Bertz CT molecular complexity index is 187. The Morgan fingerprint density at radius 1 is 1.23 bits per heavy atom. The Labute approximate surface area is 81.4 Å². The van der Waals surface area contributed by atoms with Crippen LogP contribution in [0.5, 0.6) is 0 Å². The van der Waals surface area contributed by atoms with Crippen molar-refractivity contribution in [3.8, 4) is 0 Å². The summed E-state index contributed by atoms with van der Waals surface area (Å²) in [7, 11) is 2.17. The van der Waals surface area contributed by atoms with Crippen LogP contribution in [0.1, 0.15) is 26.7 Å². The minimum absolute atomic E-state index is 1.15. The molecule has 1 fully saturated rings. The molecule has 2 aliphatic rings. The minimum atomic E-state index is 1.15.